The number of hydrogen-bond acceptors (Lipinski definition) is 3. The average molecular weight is 260 g/mol. The number of nitrogens with one attached hydrogen (secondary N) is 1. The molecule has 2 fully saturated rings. The standard InChI is InChI=1S/C16H24N2O/c1-2-15(12-14-4-6-17-7-5-14)13-16(3-1)18-8-10-19-11-9-18/h1-3,13-14,17H,4-12H2. The molecule has 2 aliphatic heterocycles. The number of ether oxygens (including phenoxy) is 1. The van der Waals surface area contributed by atoms with E-state index in [-0.39, 0.29) is 0 Å². The van der Waals surface area contributed by atoms with Crippen molar-refractivity contribution in [1.29, 1.82) is 0 Å². The predicted octanol–water partition coefficient (Wildman–Crippen LogP) is 2.07. The Bertz CT molecular complexity index is 395. The van der Waals surface area contributed by atoms with Crippen molar-refractivity contribution in [2.24, 2.45) is 5.92 Å². The molecule has 1 aromatic carbocycles. The van der Waals surface area contributed by atoms with E-state index >= 15 is 0 Å². The van der Waals surface area contributed by atoms with Crippen molar-refractivity contribution in [3.8, 4) is 0 Å². The third kappa shape index (κ3) is 3.48. The van der Waals surface area contributed by atoms with E-state index in [2.05, 4.69) is 34.5 Å². The van der Waals surface area contributed by atoms with E-state index < -0.39 is 0 Å². The van der Waals surface area contributed by atoms with Crippen molar-refractivity contribution in [3.63, 3.8) is 0 Å². The second-order valence-corrected chi connectivity index (χ2v) is 5.67. The summed E-state index contributed by atoms with van der Waals surface area (Å²) < 4.78 is 5.42. The van der Waals surface area contributed by atoms with Gasteiger partial charge >= 0.3 is 0 Å². The van der Waals surface area contributed by atoms with Crippen molar-refractivity contribution in [3.05, 3.63) is 29.8 Å². The Morgan fingerprint density at radius 3 is 2.74 bits per heavy atom. The van der Waals surface area contributed by atoms with E-state index in [4.69, 9.17) is 4.74 Å². The van der Waals surface area contributed by atoms with E-state index in [1.54, 1.807) is 0 Å². The van der Waals surface area contributed by atoms with Crippen LogP contribution in [0.2, 0.25) is 0 Å². The molecule has 0 radical (unpaired) electrons. The van der Waals surface area contributed by atoms with Crippen LogP contribution in [0.25, 0.3) is 0 Å². The highest BCUT2D eigenvalue weighted by Crippen LogP contribution is 2.22. The molecule has 0 aromatic heterocycles. The summed E-state index contributed by atoms with van der Waals surface area (Å²) in [6.45, 7) is 6.15. The van der Waals surface area contributed by atoms with E-state index in [0.717, 1.165) is 32.2 Å². The average Bonchev–Trinajstić information content (AvgIpc) is 2.49. The third-order valence-corrected chi connectivity index (χ3v) is 4.27. The van der Waals surface area contributed by atoms with E-state index in [9.17, 15) is 0 Å². The van der Waals surface area contributed by atoms with Gasteiger partial charge in [0.1, 0.15) is 0 Å². The van der Waals surface area contributed by atoms with E-state index in [1.165, 1.54) is 43.6 Å². The Balaban J connectivity index is 1.64. The summed E-state index contributed by atoms with van der Waals surface area (Å²) in [5.74, 6) is 0.862. The lowest BCUT2D eigenvalue weighted by Gasteiger charge is -2.29. The van der Waals surface area contributed by atoms with Gasteiger partial charge in [-0.15, -0.1) is 0 Å². The largest absolute Gasteiger partial charge is 0.378 e. The maximum absolute atomic E-state index is 5.42. The van der Waals surface area contributed by atoms with Crippen molar-refractivity contribution < 1.29 is 4.74 Å². The maximum Gasteiger partial charge on any atom is 0.0642 e. The number of anilines is 1. The Morgan fingerprint density at radius 2 is 1.95 bits per heavy atom. The maximum atomic E-state index is 5.42. The normalized spacial score (nSPS) is 21.6. The number of hydrogen-bond donors (Lipinski definition) is 1. The fourth-order valence-corrected chi connectivity index (χ4v) is 3.12. The van der Waals surface area contributed by atoms with Gasteiger partial charge in [-0.2, -0.15) is 0 Å². The lowest BCUT2D eigenvalue weighted by molar-refractivity contribution is 0.122. The van der Waals surface area contributed by atoms with Crippen molar-refractivity contribution >= 4 is 5.69 Å². The molecule has 0 bridgehead atoms. The molecule has 0 aliphatic carbocycles. The highest BCUT2D eigenvalue weighted by Gasteiger charge is 2.15. The van der Waals surface area contributed by atoms with Crippen molar-refractivity contribution in [2.75, 3.05) is 44.3 Å². The topological polar surface area (TPSA) is 24.5 Å². The van der Waals surface area contributed by atoms with Gasteiger partial charge in [0.2, 0.25) is 0 Å². The predicted molar refractivity (Wildman–Crippen MR) is 78.8 cm³/mol. The van der Waals surface area contributed by atoms with Crippen LogP contribution in [-0.2, 0) is 11.2 Å². The Hall–Kier alpha value is -1.06. The first-order valence-electron chi connectivity index (χ1n) is 7.54. The van der Waals surface area contributed by atoms with Gasteiger partial charge in [0.15, 0.2) is 0 Å². The first kappa shape index (κ1) is 12.9. The van der Waals surface area contributed by atoms with Crippen LogP contribution in [0, 0.1) is 5.92 Å². The molecule has 0 spiro atoms. The highest BCUT2D eigenvalue weighted by atomic mass is 16.5. The first-order valence-corrected chi connectivity index (χ1v) is 7.54. The summed E-state index contributed by atoms with van der Waals surface area (Å²) >= 11 is 0. The number of rotatable bonds is 3. The summed E-state index contributed by atoms with van der Waals surface area (Å²) in [6.07, 6.45) is 3.88. The quantitative estimate of drug-likeness (QED) is 0.900. The molecular formula is C16H24N2O. The lowest BCUT2D eigenvalue weighted by Crippen LogP contribution is -2.36. The zero-order valence-corrected chi connectivity index (χ0v) is 11.6. The van der Waals surface area contributed by atoms with Gasteiger partial charge in [-0.25, -0.2) is 0 Å². The van der Waals surface area contributed by atoms with Gasteiger partial charge in [0.25, 0.3) is 0 Å². The summed E-state index contributed by atoms with van der Waals surface area (Å²) in [5.41, 5.74) is 2.87. The fraction of sp³-hybridized carbons (Fsp3) is 0.625. The monoisotopic (exact) mass is 260 g/mol. The summed E-state index contributed by atoms with van der Waals surface area (Å²) in [5, 5.41) is 3.44. The molecule has 2 saturated heterocycles. The van der Waals surface area contributed by atoms with Crippen LogP contribution in [0.15, 0.2) is 24.3 Å². The van der Waals surface area contributed by atoms with Gasteiger partial charge in [0, 0.05) is 18.8 Å². The number of piperidine rings is 1. The minimum Gasteiger partial charge on any atom is -0.378 e. The fourth-order valence-electron chi connectivity index (χ4n) is 3.12. The Morgan fingerprint density at radius 1 is 1.16 bits per heavy atom. The minimum atomic E-state index is 0.860. The minimum absolute atomic E-state index is 0.860. The number of benzene rings is 1. The highest BCUT2D eigenvalue weighted by molar-refractivity contribution is 5.49. The first-order chi connectivity index (χ1) is 9.42. The summed E-state index contributed by atoms with van der Waals surface area (Å²) in [6, 6.07) is 9.11. The van der Waals surface area contributed by atoms with E-state index in [1.807, 2.05) is 0 Å². The summed E-state index contributed by atoms with van der Waals surface area (Å²) in [7, 11) is 0. The summed E-state index contributed by atoms with van der Waals surface area (Å²) in [4.78, 5) is 2.44. The van der Waals surface area contributed by atoms with Gasteiger partial charge in [-0.05, 0) is 56.0 Å². The molecule has 2 aliphatic rings. The molecule has 3 rings (SSSR count). The molecule has 3 heteroatoms. The number of morpholine rings is 1. The molecule has 3 nitrogen and oxygen atoms in total. The molecule has 19 heavy (non-hydrogen) atoms. The van der Waals surface area contributed by atoms with Crippen LogP contribution in [0.4, 0.5) is 5.69 Å². The molecule has 0 saturated carbocycles. The Kier molecular flexibility index (Phi) is 4.36. The molecule has 0 unspecified atom stereocenters. The van der Waals surface area contributed by atoms with Gasteiger partial charge in [-0.1, -0.05) is 12.1 Å². The van der Waals surface area contributed by atoms with Crippen LogP contribution in [0.3, 0.4) is 0 Å². The molecule has 0 amide bonds. The van der Waals surface area contributed by atoms with Gasteiger partial charge in [-0.3, -0.25) is 0 Å². The molecule has 1 N–H and O–H groups in total. The van der Waals surface area contributed by atoms with Crippen LogP contribution in [0.1, 0.15) is 18.4 Å². The molecule has 104 valence electrons. The third-order valence-electron chi connectivity index (χ3n) is 4.27. The van der Waals surface area contributed by atoms with Crippen molar-refractivity contribution in [1.82, 2.24) is 5.32 Å². The van der Waals surface area contributed by atoms with Crippen LogP contribution < -0.4 is 10.2 Å². The van der Waals surface area contributed by atoms with Gasteiger partial charge < -0.3 is 15.0 Å². The zero-order chi connectivity index (χ0) is 12.9. The second-order valence-electron chi connectivity index (χ2n) is 5.67. The van der Waals surface area contributed by atoms with Gasteiger partial charge in [0.05, 0.1) is 13.2 Å². The SMILES string of the molecule is c1cc(CC2CCNCC2)cc(N2CCOCC2)c1. The van der Waals surface area contributed by atoms with Crippen LogP contribution in [0.5, 0.6) is 0 Å². The van der Waals surface area contributed by atoms with Crippen LogP contribution >= 0.6 is 0 Å². The molecule has 1 aromatic rings. The molecule has 2 heterocycles. The lowest BCUT2D eigenvalue weighted by atomic mass is 9.91. The molecule has 0 atom stereocenters. The van der Waals surface area contributed by atoms with E-state index in [0.29, 0.717) is 0 Å². The second kappa shape index (κ2) is 6.40. The van der Waals surface area contributed by atoms with Crippen molar-refractivity contribution in [2.45, 2.75) is 19.3 Å². The number of nitrogens with zero attached hydrogens (tertiary/aromatic N) is 1. The van der Waals surface area contributed by atoms with Crippen LogP contribution in [-0.4, -0.2) is 39.4 Å². The zero-order valence-electron chi connectivity index (χ0n) is 11.6. The molecular weight excluding hydrogens is 236 g/mol. The Labute approximate surface area is 115 Å². The smallest absolute Gasteiger partial charge is 0.0642 e.